The number of alkyl halides is 3. The monoisotopic (exact) mass is 337 g/mol. The number of benzene rings is 1. The summed E-state index contributed by atoms with van der Waals surface area (Å²) < 4.78 is 38.0. The molecule has 1 fully saturated rings. The molecule has 0 aliphatic carbocycles. The van der Waals surface area contributed by atoms with Gasteiger partial charge in [-0.25, -0.2) is 0 Å². The van der Waals surface area contributed by atoms with Crippen LogP contribution in [0.3, 0.4) is 0 Å². The van der Waals surface area contributed by atoms with Crippen molar-refractivity contribution in [2.24, 2.45) is 0 Å². The van der Waals surface area contributed by atoms with Gasteiger partial charge in [-0.05, 0) is 29.8 Å². The van der Waals surface area contributed by atoms with E-state index >= 15 is 0 Å². The van der Waals surface area contributed by atoms with Gasteiger partial charge in [-0.3, -0.25) is 9.59 Å². The van der Waals surface area contributed by atoms with E-state index in [-0.39, 0.29) is 12.5 Å². The van der Waals surface area contributed by atoms with Crippen molar-refractivity contribution >= 4 is 11.8 Å². The maximum Gasteiger partial charge on any atom is 0.416 e. The van der Waals surface area contributed by atoms with E-state index in [1.807, 2.05) is 0 Å². The first-order valence-corrected chi connectivity index (χ1v) is 7.27. The van der Waals surface area contributed by atoms with E-state index in [4.69, 9.17) is 0 Å². The molecule has 24 heavy (non-hydrogen) atoms. The normalized spacial score (nSPS) is 18.4. The number of aromatic nitrogens is 1. The summed E-state index contributed by atoms with van der Waals surface area (Å²) in [7, 11) is 0. The van der Waals surface area contributed by atoms with Crippen molar-refractivity contribution in [3.05, 3.63) is 59.4 Å². The maximum absolute atomic E-state index is 12.7. The molecule has 126 valence electrons. The Kier molecular flexibility index (Phi) is 4.04. The maximum atomic E-state index is 12.7. The lowest BCUT2D eigenvalue weighted by Crippen LogP contribution is -2.52. The SMILES string of the molecule is O=C1NCCN(C(=O)c2ccc[nH]2)C1c1ccc(C(F)(F)F)cc1. The van der Waals surface area contributed by atoms with Crippen LogP contribution in [0.1, 0.15) is 27.7 Å². The van der Waals surface area contributed by atoms with Crippen LogP contribution in [0.4, 0.5) is 13.2 Å². The number of piperazine rings is 1. The van der Waals surface area contributed by atoms with Crippen molar-refractivity contribution < 1.29 is 22.8 Å². The van der Waals surface area contributed by atoms with E-state index in [1.54, 1.807) is 18.3 Å². The quantitative estimate of drug-likeness (QED) is 0.883. The molecular formula is C16H14F3N3O2. The smallest absolute Gasteiger partial charge is 0.357 e. The highest BCUT2D eigenvalue weighted by atomic mass is 19.4. The summed E-state index contributed by atoms with van der Waals surface area (Å²) in [6.45, 7) is 0.567. The van der Waals surface area contributed by atoms with Crippen molar-refractivity contribution in [3.63, 3.8) is 0 Å². The van der Waals surface area contributed by atoms with Crippen molar-refractivity contribution in [3.8, 4) is 0 Å². The zero-order valence-electron chi connectivity index (χ0n) is 12.4. The molecule has 1 aliphatic rings. The number of amides is 2. The molecule has 1 aromatic heterocycles. The highest BCUT2D eigenvalue weighted by Crippen LogP contribution is 2.31. The molecule has 5 nitrogen and oxygen atoms in total. The van der Waals surface area contributed by atoms with E-state index in [2.05, 4.69) is 10.3 Å². The Morgan fingerprint density at radius 1 is 1.17 bits per heavy atom. The molecule has 2 amide bonds. The highest BCUT2D eigenvalue weighted by Gasteiger charge is 2.36. The van der Waals surface area contributed by atoms with Crippen molar-refractivity contribution in [1.29, 1.82) is 0 Å². The number of hydrogen-bond donors (Lipinski definition) is 2. The van der Waals surface area contributed by atoms with Gasteiger partial charge < -0.3 is 15.2 Å². The van der Waals surface area contributed by atoms with Gasteiger partial charge in [0.1, 0.15) is 11.7 Å². The van der Waals surface area contributed by atoms with E-state index in [9.17, 15) is 22.8 Å². The van der Waals surface area contributed by atoms with Crippen LogP contribution in [-0.4, -0.2) is 34.8 Å². The third-order valence-corrected chi connectivity index (χ3v) is 3.85. The fraction of sp³-hybridized carbons (Fsp3) is 0.250. The Bertz CT molecular complexity index is 739. The Hall–Kier alpha value is -2.77. The molecule has 8 heteroatoms. The van der Waals surface area contributed by atoms with Gasteiger partial charge in [0.25, 0.3) is 5.91 Å². The van der Waals surface area contributed by atoms with E-state index < -0.39 is 23.7 Å². The molecule has 3 rings (SSSR count). The summed E-state index contributed by atoms with van der Waals surface area (Å²) in [6.07, 6.45) is -2.86. The molecule has 1 aliphatic heterocycles. The minimum Gasteiger partial charge on any atom is -0.357 e. The molecule has 1 atom stereocenters. The lowest BCUT2D eigenvalue weighted by atomic mass is 10.0. The van der Waals surface area contributed by atoms with Crippen LogP contribution in [0.2, 0.25) is 0 Å². The van der Waals surface area contributed by atoms with Gasteiger partial charge in [0.2, 0.25) is 5.91 Å². The summed E-state index contributed by atoms with van der Waals surface area (Å²) in [4.78, 5) is 28.9. The molecule has 1 saturated heterocycles. The van der Waals surface area contributed by atoms with E-state index in [0.29, 0.717) is 17.8 Å². The topological polar surface area (TPSA) is 65.2 Å². The minimum atomic E-state index is -4.45. The second kappa shape index (κ2) is 6.03. The van der Waals surface area contributed by atoms with Gasteiger partial charge in [0.05, 0.1) is 5.56 Å². The Morgan fingerprint density at radius 2 is 1.88 bits per heavy atom. The zero-order chi connectivity index (χ0) is 17.3. The number of halogens is 3. The summed E-state index contributed by atoms with van der Waals surface area (Å²) in [5.41, 5.74) is -0.147. The summed E-state index contributed by atoms with van der Waals surface area (Å²) >= 11 is 0. The molecule has 2 N–H and O–H groups in total. The fourth-order valence-electron chi connectivity index (χ4n) is 2.69. The van der Waals surface area contributed by atoms with Crippen LogP contribution < -0.4 is 5.32 Å². The zero-order valence-corrected chi connectivity index (χ0v) is 12.4. The first-order valence-electron chi connectivity index (χ1n) is 7.27. The number of carbonyl (C=O) groups excluding carboxylic acids is 2. The molecule has 0 bridgehead atoms. The third-order valence-electron chi connectivity index (χ3n) is 3.85. The predicted molar refractivity (Wildman–Crippen MR) is 79.0 cm³/mol. The average Bonchev–Trinajstić information content (AvgIpc) is 3.08. The van der Waals surface area contributed by atoms with Gasteiger partial charge in [0.15, 0.2) is 0 Å². The van der Waals surface area contributed by atoms with Crippen molar-refractivity contribution in [2.45, 2.75) is 12.2 Å². The van der Waals surface area contributed by atoms with Crippen molar-refractivity contribution in [1.82, 2.24) is 15.2 Å². The molecule has 0 saturated carbocycles. The first kappa shape index (κ1) is 16.1. The van der Waals surface area contributed by atoms with Gasteiger partial charge in [-0.1, -0.05) is 12.1 Å². The summed E-state index contributed by atoms with van der Waals surface area (Å²) in [5.74, 6) is -0.791. The van der Waals surface area contributed by atoms with Crippen LogP contribution in [0.5, 0.6) is 0 Å². The summed E-state index contributed by atoms with van der Waals surface area (Å²) in [5, 5.41) is 2.64. The molecule has 0 spiro atoms. The standard InChI is InChI=1S/C16H14F3N3O2/c17-16(18,19)11-5-3-10(4-6-11)13-14(23)21-8-9-22(13)15(24)12-2-1-7-20-12/h1-7,13,20H,8-9H2,(H,21,23). The van der Waals surface area contributed by atoms with Crippen LogP contribution in [0, 0.1) is 0 Å². The Labute approximate surface area is 135 Å². The van der Waals surface area contributed by atoms with Gasteiger partial charge in [-0.2, -0.15) is 13.2 Å². The highest BCUT2D eigenvalue weighted by molar-refractivity contribution is 5.97. The third kappa shape index (κ3) is 2.99. The van der Waals surface area contributed by atoms with Crippen LogP contribution >= 0.6 is 0 Å². The first-order chi connectivity index (χ1) is 11.4. The Morgan fingerprint density at radius 3 is 2.46 bits per heavy atom. The van der Waals surface area contributed by atoms with Gasteiger partial charge in [-0.15, -0.1) is 0 Å². The molecule has 0 radical (unpaired) electrons. The summed E-state index contributed by atoms with van der Waals surface area (Å²) in [6, 6.07) is 6.56. The van der Waals surface area contributed by atoms with Crippen LogP contribution in [0.15, 0.2) is 42.6 Å². The number of nitrogens with one attached hydrogen (secondary N) is 2. The Balaban J connectivity index is 1.92. The number of carbonyl (C=O) groups is 2. The molecular weight excluding hydrogens is 323 g/mol. The van der Waals surface area contributed by atoms with Crippen LogP contribution in [-0.2, 0) is 11.0 Å². The van der Waals surface area contributed by atoms with E-state index in [0.717, 1.165) is 12.1 Å². The molecule has 2 aromatic rings. The number of aromatic amines is 1. The van der Waals surface area contributed by atoms with Crippen molar-refractivity contribution in [2.75, 3.05) is 13.1 Å². The second-order valence-electron chi connectivity index (χ2n) is 5.40. The van der Waals surface area contributed by atoms with Crippen LogP contribution in [0.25, 0.3) is 0 Å². The number of nitrogens with zero attached hydrogens (tertiary/aromatic N) is 1. The molecule has 1 aromatic carbocycles. The lowest BCUT2D eigenvalue weighted by molar-refractivity contribution is -0.137. The number of hydrogen-bond acceptors (Lipinski definition) is 2. The lowest BCUT2D eigenvalue weighted by Gasteiger charge is -2.35. The minimum absolute atomic E-state index is 0.273. The fourth-order valence-corrected chi connectivity index (χ4v) is 2.69. The largest absolute Gasteiger partial charge is 0.416 e. The predicted octanol–water partition coefficient (Wildman–Crippen LogP) is 2.35. The van der Waals surface area contributed by atoms with E-state index in [1.165, 1.54) is 17.0 Å². The van der Waals surface area contributed by atoms with Gasteiger partial charge >= 0.3 is 6.18 Å². The average molecular weight is 337 g/mol. The van der Waals surface area contributed by atoms with Gasteiger partial charge in [0, 0.05) is 19.3 Å². The molecule has 2 heterocycles. The number of rotatable bonds is 2. The second-order valence-corrected chi connectivity index (χ2v) is 5.40. The number of H-pyrrole nitrogens is 1. The molecule has 1 unspecified atom stereocenters.